The van der Waals surface area contributed by atoms with Gasteiger partial charge in [0.25, 0.3) is 0 Å². The topological polar surface area (TPSA) is 56.7 Å². The maximum absolute atomic E-state index is 5.47. The monoisotopic (exact) mass is 230 g/mol. The predicted octanol–water partition coefficient (Wildman–Crippen LogP) is 1.72. The van der Waals surface area contributed by atoms with Gasteiger partial charge >= 0.3 is 0 Å². The molecule has 0 saturated heterocycles. The highest BCUT2D eigenvalue weighted by Crippen LogP contribution is 2.10. The quantitative estimate of drug-likeness (QED) is 0.851. The molecule has 0 aliphatic carbocycles. The molecule has 0 atom stereocenters. The van der Waals surface area contributed by atoms with E-state index < -0.39 is 0 Å². The lowest BCUT2D eigenvalue weighted by Crippen LogP contribution is -2.00. The Kier molecular flexibility index (Phi) is 3.88. The van der Waals surface area contributed by atoms with Crippen LogP contribution in [0.15, 0.2) is 30.5 Å². The van der Waals surface area contributed by atoms with Gasteiger partial charge < -0.3 is 5.73 Å². The van der Waals surface area contributed by atoms with Crippen molar-refractivity contribution in [2.45, 2.75) is 26.2 Å². The third-order valence-corrected chi connectivity index (χ3v) is 2.79. The summed E-state index contributed by atoms with van der Waals surface area (Å²) in [7, 11) is 0. The molecule has 0 fully saturated rings. The first kappa shape index (κ1) is 11.8. The summed E-state index contributed by atoms with van der Waals surface area (Å²) in [6, 6.07) is 8.38. The van der Waals surface area contributed by atoms with E-state index in [4.69, 9.17) is 5.73 Å². The molecule has 0 saturated carbocycles. The molecule has 0 spiro atoms. The van der Waals surface area contributed by atoms with Crippen LogP contribution in [0.25, 0.3) is 5.69 Å². The molecular formula is C13H18N4. The Morgan fingerprint density at radius 3 is 2.65 bits per heavy atom. The molecule has 2 N–H and O–H groups in total. The van der Waals surface area contributed by atoms with Crippen LogP contribution >= 0.6 is 0 Å². The molecule has 1 aromatic carbocycles. The normalized spacial score (nSPS) is 10.7. The van der Waals surface area contributed by atoms with Gasteiger partial charge in [-0.2, -0.15) is 0 Å². The second-order valence-electron chi connectivity index (χ2n) is 4.07. The number of aryl methyl sites for hydroxylation is 2. The van der Waals surface area contributed by atoms with Gasteiger partial charge in [-0.25, -0.2) is 4.68 Å². The van der Waals surface area contributed by atoms with Crippen molar-refractivity contribution in [3.05, 3.63) is 41.7 Å². The summed E-state index contributed by atoms with van der Waals surface area (Å²) in [5.41, 5.74) is 8.85. The first-order chi connectivity index (χ1) is 8.33. The minimum Gasteiger partial charge on any atom is -0.330 e. The van der Waals surface area contributed by atoms with E-state index >= 15 is 0 Å². The predicted molar refractivity (Wildman–Crippen MR) is 68.1 cm³/mol. The maximum Gasteiger partial charge on any atom is 0.0832 e. The van der Waals surface area contributed by atoms with Gasteiger partial charge in [0.1, 0.15) is 0 Å². The molecule has 1 heterocycles. The Balaban J connectivity index is 2.12. The molecular weight excluding hydrogens is 212 g/mol. The molecule has 2 rings (SSSR count). The highest BCUT2D eigenvalue weighted by atomic mass is 15.4. The molecule has 0 aliphatic heterocycles. The van der Waals surface area contributed by atoms with Crippen LogP contribution in [0.4, 0.5) is 0 Å². The highest BCUT2D eigenvalue weighted by molar-refractivity contribution is 5.33. The van der Waals surface area contributed by atoms with Crippen molar-refractivity contribution in [1.29, 1.82) is 0 Å². The van der Waals surface area contributed by atoms with Gasteiger partial charge in [0, 0.05) is 0 Å². The van der Waals surface area contributed by atoms with E-state index in [1.165, 1.54) is 5.56 Å². The van der Waals surface area contributed by atoms with Crippen molar-refractivity contribution in [2.75, 3.05) is 6.54 Å². The Bertz CT molecular complexity index is 459. The van der Waals surface area contributed by atoms with Crippen LogP contribution in [-0.2, 0) is 12.8 Å². The fourth-order valence-corrected chi connectivity index (χ4v) is 1.71. The Hall–Kier alpha value is -1.68. The summed E-state index contributed by atoms with van der Waals surface area (Å²) < 4.78 is 1.81. The van der Waals surface area contributed by atoms with Crippen molar-refractivity contribution in [2.24, 2.45) is 5.73 Å². The van der Waals surface area contributed by atoms with E-state index in [1.54, 1.807) is 0 Å². The molecule has 0 radical (unpaired) electrons. The zero-order chi connectivity index (χ0) is 12.1. The van der Waals surface area contributed by atoms with E-state index in [0.29, 0.717) is 6.54 Å². The average molecular weight is 230 g/mol. The molecule has 4 nitrogen and oxygen atoms in total. The Morgan fingerprint density at radius 1 is 1.24 bits per heavy atom. The van der Waals surface area contributed by atoms with E-state index in [0.717, 1.165) is 30.6 Å². The fraction of sp³-hybridized carbons (Fsp3) is 0.385. The standard InChI is InChI=1S/C13H18N4/c1-2-11-5-7-13(8-6-11)17-10-12(15-16-17)4-3-9-14/h5-8,10H,2-4,9,14H2,1H3. The lowest BCUT2D eigenvalue weighted by Gasteiger charge is -2.01. The van der Waals surface area contributed by atoms with E-state index in [1.807, 2.05) is 10.9 Å². The SMILES string of the molecule is CCc1ccc(-n2cc(CCCN)nn2)cc1. The summed E-state index contributed by atoms with van der Waals surface area (Å²) in [6.45, 7) is 2.84. The van der Waals surface area contributed by atoms with Gasteiger partial charge in [-0.3, -0.25) is 0 Å². The summed E-state index contributed by atoms with van der Waals surface area (Å²) in [5, 5.41) is 8.25. The summed E-state index contributed by atoms with van der Waals surface area (Å²) in [5.74, 6) is 0. The van der Waals surface area contributed by atoms with Crippen LogP contribution in [0.3, 0.4) is 0 Å². The summed E-state index contributed by atoms with van der Waals surface area (Å²) >= 11 is 0. The van der Waals surface area contributed by atoms with Gasteiger partial charge in [0.2, 0.25) is 0 Å². The minimum absolute atomic E-state index is 0.693. The van der Waals surface area contributed by atoms with E-state index in [2.05, 4.69) is 41.5 Å². The summed E-state index contributed by atoms with van der Waals surface area (Å²) in [6.07, 6.45) is 4.87. The van der Waals surface area contributed by atoms with Crippen LogP contribution < -0.4 is 5.73 Å². The molecule has 0 amide bonds. The number of nitrogens with zero attached hydrogens (tertiary/aromatic N) is 3. The largest absolute Gasteiger partial charge is 0.330 e. The van der Waals surface area contributed by atoms with Gasteiger partial charge in [-0.05, 0) is 43.5 Å². The zero-order valence-electron chi connectivity index (χ0n) is 10.1. The average Bonchev–Trinajstić information content (AvgIpc) is 2.85. The first-order valence-corrected chi connectivity index (χ1v) is 6.04. The molecule has 0 aliphatic rings. The highest BCUT2D eigenvalue weighted by Gasteiger charge is 2.02. The first-order valence-electron chi connectivity index (χ1n) is 6.04. The molecule has 1 aromatic heterocycles. The van der Waals surface area contributed by atoms with Crippen LogP contribution in [-0.4, -0.2) is 21.5 Å². The number of nitrogens with two attached hydrogens (primary N) is 1. The molecule has 90 valence electrons. The lowest BCUT2D eigenvalue weighted by molar-refractivity contribution is 0.778. The van der Waals surface area contributed by atoms with Crippen LogP contribution in [0, 0.1) is 0 Å². The van der Waals surface area contributed by atoms with Gasteiger partial charge in [-0.1, -0.05) is 24.3 Å². The molecule has 2 aromatic rings. The second kappa shape index (κ2) is 5.59. The number of hydrogen-bond donors (Lipinski definition) is 1. The minimum atomic E-state index is 0.693. The van der Waals surface area contributed by atoms with E-state index in [9.17, 15) is 0 Å². The van der Waals surface area contributed by atoms with Crippen LogP contribution in [0.2, 0.25) is 0 Å². The molecule has 0 bridgehead atoms. The third-order valence-electron chi connectivity index (χ3n) is 2.79. The number of aromatic nitrogens is 3. The fourth-order valence-electron chi connectivity index (χ4n) is 1.71. The second-order valence-corrected chi connectivity index (χ2v) is 4.07. The Labute approximate surface area is 101 Å². The lowest BCUT2D eigenvalue weighted by atomic mass is 10.1. The van der Waals surface area contributed by atoms with Crippen LogP contribution in [0.5, 0.6) is 0 Å². The number of rotatable bonds is 5. The zero-order valence-corrected chi connectivity index (χ0v) is 10.1. The van der Waals surface area contributed by atoms with Crippen molar-refractivity contribution < 1.29 is 0 Å². The van der Waals surface area contributed by atoms with Gasteiger partial charge in [-0.15, -0.1) is 5.10 Å². The van der Waals surface area contributed by atoms with E-state index in [-0.39, 0.29) is 0 Å². The molecule has 17 heavy (non-hydrogen) atoms. The van der Waals surface area contributed by atoms with Crippen LogP contribution in [0.1, 0.15) is 24.6 Å². The van der Waals surface area contributed by atoms with Crippen molar-refractivity contribution in [3.8, 4) is 5.69 Å². The third kappa shape index (κ3) is 2.91. The smallest absolute Gasteiger partial charge is 0.0832 e. The number of hydrogen-bond acceptors (Lipinski definition) is 3. The van der Waals surface area contributed by atoms with Crippen molar-refractivity contribution in [3.63, 3.8) is 0 Å². The van der Waals surface area contributed by atoms with Crippen molar-refractivity contribution >= 4 is 0 Å². The Morgan fingerprint density at radius 2 is 2.00 bits per heavy atom. The van der Waals surface area contributed by atoms with Gasteiger partial charge in [0.15, 0.2) is 0 Å². The summed E-state index contributed by atoms with van der Waals surface area (Å²) in [4.78, 5) is 0. The molecule has 4 heteroatoms. The van der Waals surface area contributed by atoms with Crippen molar-refractivity contribution in [1.82, 2.24) is 15.0 Å². The van der Waals surface area contributed by atoms with Gasteiger partial charge in [0.05, 0.1) is 17.6 Å². The maximum atomic E-state index is 5.47. The molecule has 0 unspecified atom stereocenters. The number of benzene rings is 1.